The lowest BCUT2D eigenvalue weighted by atomic mass is 10.1. The molecule has 0 aliphatic rings. The van der Waals surface area contributed by atoms with Crippen LogP contribution in [0, 0.1) is 12.7 Å². The number of aromatic nitrogens is 2. The Kier molecular flexibility index (Phi) is 6.01. The second kappa shape index (κ2) is 8.62. The first-order valence-electron chi connectivity index (χ1n) is 8.15. The Labute approximate surface area is 155 Å². The van der Waals surface area contributed by atoms with E-state index in [-0.39, 0.29) is 11.7 Å². The fraction of sp³-hybridized carbons (Fsp3) is 0.211. The van der Waals surface area contributed by atoms with Gasteiger partial charge in [-0.05, 0) is 36.2 Å². The minimum absolute atomic E-state index is 0.159. The van der Waals surface area contributed by atoms with Crippen molar-refractivity contribution < 1.29 is 13.7 Å². The molecule has 1 N–H and O–H groups in total. The van der Waals surface area contributed by atoms with Crippen LogP contribution in [0.15, 0.2) is 57.9 Å². The van der Waals surface area contributed by atoms with Crippen molar-refractivity contribution in [3.05, 3.63) is 77.2 Å². The summed E-state index contributed by atoms with van der Waals surface area (Å²) >= 11 is 1.48. The Morgan fingerprint density at radius 1 is 1.23 bits per heavy atom. The Bertz CT molecular complexity index is 898. The van der Waals surface area contributed by atoms with Gasteiger partial charge in [0.1, 0.15) is 5.82 Å². The van der Waals surface area contributed by atoms with E-state index in [0.717, 1.165) is 10.5 Å². The molecule has 0 bridgehead atoms. The third-order valence-corrected chi connectivity index (χ3v) is 4.72. The van der Waals surface area contributed by atoms with Gasteiger partial charge in [0.15, 0.2) is 5.82 Å². The summed E-state index contributed by atoms with van der Waals surface area (Å²) in [5, 5.41) is 6.74. The molecule has 3 aromatic rings. The van der Waals surface area contributed by atoms with Crippen LogP contribution in [0.4, 0.5) is 4.39 Å². The van der Waals surface area contributed by atoms with Gasteiger partial charge in [-0.3, -0.25) is 4.79 Å². The van der Waals surface area contributed by atoms with E-state index in [0.29, 0.717) is 36.0 Å². The van der Waals surface area contributed by atoms with Crippen molar-refractivity contribution in [3.8, 4) is 0 Å². The number of rotatable bonds is 7. The maximum atomic E-state index is 13.2. The number of hydrogen-bond donors (Lipinski definition) is 1. The van der Waals surface area contributed by atoms with Crippen LogP contribution >= 0.6 is 11.8 Å². The first kappa shape index (κ1) is 18.1. The van der Waals surface area contributed by atoms with Crippen LogP contribution < -0.4 is 5.32 Å². The minimum atomic E-state index is -0.271. The third kappa shape index (κ3) is 4.92. The number of nitrogens with one attached hydrogen (secondary N) is 1. The van der Waals surface area contributed by atoms with Gasteiger partial charge < -0.3 is 9.84 Å². The van der Waals surface area contributed by atoms with Gasteiger partial charge in [0.05, 0.1) is 11.3 Å². The van der Waals surface area contributed by atoms with Crippen LogP contribution in [0.25, 0.3) is 0 Å². The van der Waals surface area contributed by atoms with Crippen molar-refractivity contribution in [2.75, 3.05) is 6.54 Å². The molecule has 0 spiro atoms. The van der Waals surface area contributed by atoms with E-state index in [2.05, 4.69) is 15.5 Å². The standard InChI is InChI=1S/C19H18FN3O2S/c1-13-22-18(23-25-13)12-26-17-8-3-2-7-16(17)19(24)21-10-9-14-5-4-6-15(20)11-14/h2-8,11H,9-10,12H2,1H3,(H,21,24). The molecule has 1 amide bonds. The Morgan fingerprint density at radius 2 is 2.08 bits per heavy atom. The molecule has 2 aromatic carbocycles. The normalized spacial score (nSPS) is 10.7. The zero-order valence-electron chi connectivity index (χ0n) is 14.2. The van der Waals surface area contributed by atoms with E-state index < -0.39 is 0 Å². The fourth-order valence-electron chi connectivity index (χ4n) is 2.43. The highest BCUT2D eigenvalue weighted by Gasteiger charge is 2.12. The van der Waals surface area contributed by atoms with E-state index in [4.69, 9.17) is 4.52 Å². The molecule has 7 heteroatoms. The van der Waals surface area contributed by atoms with Gasteiger partial charge in [-0.1, -0.05) is 29.4 Å². The highest BCUT2D eigenvalue weighted by molar-refractivity contribution is 7.98. The zero-order chi connectivity index (χ0) is 18.4. The predicted octanol–water partition coefficient (Wildman–Crippen LogP) is 3.78. The number of hydrogen-bond acceptors (Lipinski definition) is 5. The van der Waals surface area contributed by atoms with Crippen molar-refractivity contribution >= 4 is 17.7 Å². The summed E-state index contributed by atoms with van der Waals surface area (Å²) in [4.78, 5) is 17.5. The number of benzene rings is 2. The second-order valence-electron chi connectivity index (χ2n) is 5.65. The van der Waals surface area contributed by atoms with Crippen LogP contribution in [0.3, 0.4) is 0 Å². The average Bonchev–Trinajstić information content (AvgIpc) is 3.05. The molecule has 1 heterocycles. The maximum absolute atomic E-state index is 13.2. The van der Waals surface area contributed by atoms with E-state index in [1.807, 2.05) is 24.3 Å². The lowest BCUT2D eigenvalue weighted by molar-refractivity contribution is 0.0951. The van der Waals surface area contributed by atoms with Crippen molar-refractivity contribution in [3.63, 3.8) is 0 Å². The summed E-state index contributed by atoms with van der Waals surface area (Å²) in [5.41, 5.74) is 1.44. The van der Waals surface area contributed by atoms with Crippen LogP contribution in [0.2, 0.25) is 0 Å². The first-order chi connectivity index (χ1) is 12.6. The van der Waals surface area contributed by atoms with E-state index in [1.165, 1.54) is 23.9 Å². The first-order valence-corrected chi connectivity index (χ1v) is 9.14. The highest BCUT2D eigenvalue weighted by Crippen LogP contribution is 2.25. The predicted molar refractivity (Wildman–Crippen MR) is 97.5 cm³/mol. The van der Waals surface area contributed by atoms with Gasteiger partial charge >= 0.3 is 0 Å². The molecule has 0 saturated heterocycles. The SMILES string of the molecule is Cc1nc(CSc2ccccc2C(=O)NCCc2cccc(F)c2)no1. The monoisotopic (exact) mass is 371 g/mol. The molecule has 3 rings (SSSR count). The maximum Gasteiger partial charge on any atom is 0.252 e. The Balaban J connectivity index is 1.58. The lowest BCUT2D eigenvalue weighted by Gasteiger charge is -2.09. The summed E-state index contributed by atoms with van der Waals surface area (Å²) < 4.78 is 18.1. The Morgan fingerprint density at radius 3 is 2.85 bits per heavy atom. The van der Waals surface area contributed by atoms with E-state index >= 15 is 0 Å². The highest BCUT2D eigenvalue weighted by atomic mass is 32.2. The summed E-state index contributed by atoms with van der Waals surface area (Å²) in [7, 11) is 0. The number of nitrogens with zero attached hydrogens (tertiary/aromatic N) is 2. The fourth-order valence-corrected chi connectivity index (χ4v) is 3.32. The quantitative estimate of drug-likeness (QED) is 0.640. The Hall–Kier alpha value is -2.67. The lowest BCUT2D eigenvalue weighted by Crippen LogP contribution is -2.26. The largest absolute Gasteiger partial charge is 0.352 e. The summed E-state index contributed by atoms with van der Waals surface area (Å²) in [5.74, 6) is 1.20. The molecule has 0 radical (unpaired) electrons. The van der Waals surface area contributed by atoms with Gasteiger partial charge in [0.25, 0.3) is 5.91 Å². The molecule has 0 aliphatic heterocycles. The molecule has 0 unspecified atom stereocenters. The van der Waals surface area contributed by atoms with Crippen LogP contribution in [-0.4, -0.2) is 22.6 Å². The van der Waals surface area contributed by atoms with Gasteiger partial charge in [0, 0.05) is 18.4 Å². The summed E-state index contributed by atoms with van der Waals surface area (Å²) in [6.45, 7) is 2.17. The van der Waals surface area contributed by atoms with Crippen molar-refractivity contribution in [2.24, 2.45) is 0 Å². The molecular weight excluding hydrogens is 353 g/mol. The topological polar surface area (TPSA) is 68.0 Å². The van der Waals surface area contributed by atoms with Crippen LogP contribution in [0.1, 0.15) is 27.6 Å². The zero-order valence-corrected chi connectivity index (χ0v) is 15.1. The molecule has 0 atom stereocenters. The molecule has 0 fully saturated rings. The minimum Gasteiger partial charge on any atom is -0.352 e. The number of carbonyl (C=O) groups excluding carboxylic acids is 1. The number of aryl methyl sites for hydroxylation is 1. The van der Waals surface area contributed by atoms with E-state index in [9.17, 15) is 9.18 Å². The number of thioether (sulfide) groups is 1. The van der Waals surface area contributed by atoms with Crippen LogP contribution in [0.5, 0.6) is 0 Å². The smallest absolute Gasteiger partial charge is 0.252 e. The molecule has 0 aliphatic carbocycles. The van der Waals surface area contributed by atoms with Gasteiger partial charge in [-0.25, -0.2) is 4.39 Å². The summed E-state index contributed by atoms with van der Waals surface area (Å²) in [6.07, 6.45) is 0.570. The van der Waals surface area contributed by atoms with Gasteiger partial charge in [-0.15, -0.1) is 11.8 Å². The van der Waals surface area contributed by atoms with E-state index in [1.54, 1.807) is 19.1 Å². The van der Waals surface area contributed by atoms with Gasteiger partial charge in [-0.2, -0.15) is 4.98 Å². The third-order valence-electron chi connectivity index (χ3n) is 3.65. The number of carbonyl (C=O) groups is 1. The number of amides is 1. The molecule has 26 heavy (non-hydrogen) atoms. The molecular formula is C19H18FN3O2S. The van der Waals surface area contributed by atoms with Crippen LogP contribution in [-0.2, 0) is 12.2 Å². The van der Waals surface area contributed by atoms with Crippen molar-refractivity contribution in [1.29, 1.82) is 0 Å². The number of halogens is 1. The molecule has 134 valence electrons. The second-order valence-corrected chi connectivity index (χ2v) is 6.67. The molecule has 5 nitrogen and oxygen atoms in total. The van der Waals surface area contributed by atoms with Crippen molar-refractivity contribution in [1.82, 2.24) is 15.5 Å². The van der Waals surface area contributed by atoms with Gasteiger partial charge in [0.2, 0.25) is 5.89 Å². The average molecular weight is 371 g/mol. The van der Waals surface area contributed by atoms with Crippen molar-refractivity contribution in [2.45, 2.75) is 24.0 Å². The molecule has 0 saturated carbocycles. The summed E-state index contributed by atoms with van der Waals surface area (Å²) in [6, 6.07) is 13.8. The molecule has 1 aromatic heterocycles.